The number of hydrogen-bond donors (Lipinski definition) is 2. The maximum Gasteiger partial charge on any atom is 0.320 e. The number of nitrogens with two attached hydrogens (primary N) is 1. The van der Waals surface area contributed by atoms with Gasteiger partial charge in [0.1, 0.15) is 6.04 Å². The van der Waals surface area contributed by atoms with E-state index in [0.29, 0.717) is 13.0 Å². The Morgan fingerprint density at radius 2 is 2.58 bits per heavy atom. The van der Waals surface area contributed by atoms with Crippen molar-refractivity contribution in [2.75, 3.05) is 13.1 Å². The normalized spacial score (nSPS) is 18.2. The highest BCUT2D eigenvalue weighted by atomic mass is 16.4. The summed E-state index contributed by atoms with van der Waals surface area (Å²) in [4.78, 5) is 10.3. The van der Waals surface area contributed by atoms with Crippen LogP contribution in [0.15, 0.2) is 5.10 Å². The van der Waals surface area contributed by atoms with Crippen LogP contribution in [-0.4, -0.2) is 41.4 Å². The molecule has 0 amide bonds. The zero-order valence-corrected chi connectivity index (χ0v) is 6.81. The summed E-state index contributed by atoms with van der Waals surface area (Å²) in [5.41, 5.74) is 5.32. The second-order valence-corrected chi connectivity index (χ2v) is 2.77. The van der Waals surface area contributed by atoms with Gasteiger partial charge in [-0.25, -0.2) is 0 Å². The third kappa shape index (κ3) is 2.50. The van der Waals surface area contributed by atoms with Gasteiger partial charge in [0.15, 0.2) is 0 Å². The molecular formula is C7H13N3O2. The van der Waals surface area contributed by atoms with E-state index >= 15 is 0 Å². The number of hydrazone groups is 1. The van der Waals surface area contributed by atoms with Gasteiger partial charge in [-0.2, -0.15) is 5.10 Å². The Bertz CT molecular complexity index is 191. The molecule has 0 bridgehead atoms. The predicted octanol–water partition coefficient (Wildman–Crippen LogP) is -0.520. The molecule has 0 spiro atoms. The molecule has 12 heavy (non-hydrogen) atoms. The molecule has 0 aromatic heterocycles. The monoisotopic (exact) mass is 171 g/mol. The molecule has 1 atom stereocenters. The van der Waals surface area contributed by atoms with Crippen LogP contribution in [-0.2, 0) is 4.79 Å². The van der Waals surface area contributed by atoms with Gasteiger partial charge in [0.25, 0.3) is 0 Å². The van der Waals surface area contributed by atoms with Gasteiger partial charge in [-0.15, -0.1) is 0 Å². The van der Waals surface area contributed by atoms with Crippen LogP contribution in [0.2, 0.25) is 0 Å². The van der Waals surface area contributed by atoms with Crippen molar-refractivity contribution in [2.45, 2.75) is 18.9 Å². The molecule has 0 aromatic carbocycles. The smallest absolute Gasteiger partial charge is 0.320 e. The van der Waals surface area contributed by atoms with Crippen molar-refractivity contribution in [2.24, 2.45) is 10.8 Å². The van der Waals surface area contributed by atoms with Crippen molar-refractivity contribution in [3.05, 3.63) is 0 Å². The van der Waals surface area contributed by atoms with Crippen LogP contribution in [0.3, 0.4) is 0 Å². The summed E-state index contributed by atoms with van der Waals surface area (Å²) in [7, 11) is 0. The zero-order chi connectivity index (χ0) is 8.97. The SMILES string of the molecule is NC(CCN1CCC=N1)C(=O)O. The minimum absolute atomic E-state index is 0.451. The van der Waals surface area contributed by atoms with Crippen LogP contribution in [0, 0.1) is 0 Å². The second-order valence-electron chi connectivity index (χ2n) is 2.77. The minimum Gasteiger partial charge on any atom is -0.480 e. The summed E-state index contributed by atoms with van der Waals surface area (Å²) in [6, 6.07) is -0.763. The Hall–Kier alpha value is -1.10. The van der Waals surface area contributed by atoms with Crippen molar-refractivity contribution in [1.29, 1.82) is 0 Å². The van der Waals surface area contributed by atoms with E-state index < -0.39 is 12.0 Å². The van der Waals surface area contributed by atoms with E-state index in [1.54, 1.807) is 0 Å². The van der Waals surface area contributed by atoms with Crippen LogP contribution in [0.4, 0.5) is 0 Å². The first-order chi connectivity index (χ1) is 5.70. The summed E-state index contributed by atoms with van der Waals surface area (Å²) in [6.07, 6.45) is 3.22. The molecule has 0 fully saturated rings. The molecule has 1 aliphatic heterocycles. The fraction of sp³-hybridized carbons (Fsp3) is 0.714. The van der Waals surface area contributed by atoms with E-state index in [9.17, 15) is 4.79 Å². The number of carboxylic acid groups (broad SMARTS) is 1. The molecule has 1 heterocycles. The Kier molecular flexibility index (Phi) is 3.04. The maximum absolute atomic E-state index is 10.3. The lowest BCUT2D eigenvalue weighted by Gasteiger charge is -2.14. The fourth-order valence-corrected chi connectivity index (χ4v) is 1.02. The van der Waals surface area contributed by atoms with E-state index in [0.717, 1.165) is 13.0 Å². The molecule has 0 radical (unpaired) electrons. The number of aliphatic carboxylic acids is 1. The van der Waals surface area contributed by atoms with Crippen molar-refractivity contribution < 1.29 is 9.90 Å². The summed E-state index contributed by atoms with van der Waals surface area (Å²) >= 11 is 0. The topological polar surface area (TPSA) is 78.9 Å². The van der Waals surface area contributed by atoms with Crippen molar-refractivity contribution in [1.82, 2.24) is 5.01 Å². The molecule has 1 unspecified atom stereocenters. The predicted molar refractivity (Wildman–Crippen MR) is 44.9 cm³/mol. The Labute approximate surface area is 70.8 Å². The molecule has 5 heteroatoms. The first-order valence-electron chi connectivity index (χ1n) is 3.96. The first kappa shape index (κ1) is 8.99. The number of rotatable bonds is 4. The quantitative estimate of drug-likeness (QED) is 0.596. The third-order valence-corrected chi connectivity index (χ3v) is 1.78. The van der Waals surface area contributed by atoms with Crippen molar-refractivity contribution in [3.63, 3.8) is 0 Å². The molecule has 0 aromatic rings. The Morgan fingerprint density at radius 1 is 1.83 bits per heavy atom. The average molecular weight is 171 g/mol. The van der Waals surface area contributed by atoms with Crippen LogP contribution in [0.25, 0.3) is 0 Å². The molecule has 0 aliphatic carbocycles. The highest BCUT2D eigenvalue weighted by Gasteiger charge is 2.13. The summed E-state index contributed by atoms with van der Waals surface area (Å²) in [5.74, 6) is -0.946. The molecule has 0 saturated carbocycles. The van der Waals surface area contributed by atoms with E-state index in [4.69, 9.17) is 10.8 Å². The van der Waals surface area contributed by atoms with E-state index in [1.807, 2.05) is 11.2 Å². The summed E-state index contributed by atoms with van der Waals surface area (Å²) in [6.45, 7) is 1.51. The van der Waals surface area contributed by atoms with Gasteiger partial charge < -0.3 is 10.8 Å². The molecule has 1 rings (SSSR count). The standard InChI is InChI=1S/C7H13N3O2/c8-6(7(11)12)2-5-10-4-1-3-9-10/h3,6H,1-2,4-5,8H2,(H,11,12). The van der Waals surface area contributed by atoms with Crippen LogP contribution >= 0.6 is 0 Å². The summed E-state index contributed by atoms with van der Waals surface area (Å²) in [5, 5.41) is 14.3. The first-order valence-corrected chi connectivity index (χ1v) is 3.96. The third-order valence-electron chi connectivity index (χ3n) is 1.78. The van der Waals surface area contributed by atoms with Crippen LogP contribution < -0.4 is 5.73 Å². The van der Waals surface area contributed by atoms with Gasteiger partial charge in [0.05, 0.1) is 0 Å². The van der Waals surface area contributed by atoms with E-state index in [2.05, 4.69) is 5.10 Å². The lowest BCUT2D eigenvalue weighted by molar-refractivity contribution is -0.138. The Morgan fingerprint density at radius 3 is 3.08 bits per heavy atom. The van der Waals surface area contributed by atoms with Gasteiger partial charge in [0, 0.05) is 25.7 Å². The molecule has 68 valence electrons. The van der Waals surface area contributed by atoms with Crippen LogP contribution in [0.5, 0.6) is 0 Å². The largest absolute Gasteiger partial charge is 0.480 e. The lowest BCUT2D eigenvalue weighted by Crippen LogP contribution is -2.33. The second kappa shape index (κ2) is 4.06. The molecule has 3 N–H and O–H groups in total. The number of carbonyl (C=O) groups is 1. The van der Waals surface area contributed by atoms with Gasteiger partial charge in [0.2, 0.25) is 0 Å². The maximum atomic E-state index is 10.3. The van der Waals surface area contributed by atoms with Crippen LogP contribution in [0.1, 0.15) is 12.8 Å². The van der Waals surface area contributed by atoms with Crippen molar-refractivity contribution >= 4 is 12.2 Å². The zero-order valence-electron chi connectivity index (χ0n) is 6.81. The highest BCUT2D eigenvalue weighted by Crippen LogP contribution is 2.01. The molecular weight excluding hydrogens is 158 g/mol. The lowest BCUT2D eigenvalue weighted by atomic mass is 10.2. The Balaban J connectivity index is 2.16. The van der Waals surface area contributed by atoms with E-state index in [1.165, 1.54) is 0 Å². The average Bonchev–Trinajstić information content (AvgIpc) is 2.51. The molecule has 5 nitrogen and oxygen atoms in total. The van der Waals surface area contributed by atoms with Crippen molar-refractivity contribution in [3.8, 4) is 0 Å². The summed E-state index contributed by atoms with van der Waals surface area (Å²) < 4.78 is 0. The number of hydrogen-bond acceptors (Lipinski definition) is 4. The van der Waals surface area contributed by atoms with Gasteiger partial charge >= 0.3 is 5.97 Å². The molecule has 0 saturated heterocycles. The van der Waals surface area contributed by atoms with E-state index in [-0.39, 0.29) is 0 Å². The fourth-order valence-electron chi connectivity index (χ4n) is 1.02. The molecule has 1 aliphatic rings. The number of nitrogens with zero attached hydrogens (tertiary/aromatic N) is 2. The minimum atomic E-state index is -0.946. The van der Waals surface area contributed by atoms with Gasteiger partial charge in [-0.05, 0) is 6.42 Å². The number of carboxylic acids is 1. The van der Waals surface area contributed by atoms with Gasteiger partial charge in [-0.3, -0.25) is 9.80 Å². The highest BCUT2D eigenvalue weighted by molar-refractivity contribution is 5.73. The van der Waals surface area contributed by atoms with Gasteiger partial charge in [-0.1, -0.05) is 0 Å².